The molecular weight excluding hydrogens is 387 g/mol. The predicted molar refractivity (Wildman–Crippen MR) is 83.9 cm³/mol. The van der Waals surface area contributed by atoms with Crippen LogP contribution in [0.15, 0.2) is 39.7 Å². The average molecular weight is 396 g/mol. The van der Waals surface area contributed by atoms with E-state index in [9.17, 15) is 8.42 Å². The lowest BCUT2D eigenvalue weighted by molar-refractivity contribution is 0.601. The molecule has 0 saturated heterocycles. The number of hydrogen-bond acceptors (Lipinski definition) is 3. The molecule has 1 aromatic carbocycles. The summed E-state index contributed by atoms with van der Waals surface area (Å²) in [6.45, 7) is 1.76. The quantitative estimate of drug-likeness (QED) is 0.844. The van der Waals surface area contributed by atoms with Gasteiger partial charge >= 0.3 is 0 Å². The number of anilines is 1. The number of hydrogen-bond donors (Lipinski definition) is 1. The number of halogens is 3. The average Bonchev–Trinajstić information content (AvgIpc) is 2.36. The molecule has 0 aliphatic heterocycles. The minimum absolute atomic E-state index is 0.0181. The Bertz CT molecular complexity index is 766. The van der Waals surface area contributed by atoms with Crippen LogP contribution in [-0.2, 0) is 10.0 Å². The van der Waals surface area contributed by atoms with Gasteiger partial charge in [-0.05, 0) is 47.1 Å². The van der Waals surface area contributed by atoms with Gasteiger partial charge in [0.25, 0.3) is 10.0 Å². The van der Waals surface area contributed by atoms with Crippen LogP contribution in [0.3, 0.4) is 0 Å². The maximum Gasteiger partial charge on any atom is 0.264 e. The number of aromatic nitrogens is 1. The third-order valence-electron chi connectivity index (χ3n) is 2.47. The van der Waals surface area contributed by atoms with Gasteiger partial charge in [-0.15, -0.1) is 0 Å². The summed E-state index contributed by atoms with van der Waals surface area (Å²) in [5.74, 6) is 0.210. The van der Waals surface area contributed by atoms with Crippen LogP contribution in [-0.4, -0.2) is 13.4 Å². The summed E-state index contributed by atoms with van der Waals surface area (Å²) < 4.78 is 27.7. The van der Waals surface area contributed by atoms with Crippen molar-refractivity contribution in [1.82, 2.24) is 4.98 Å². The highest BCUT2D eigenvalue weighted by atomic mass is 79.9. The molecule has 0 spiro atoms. The second-order valence-corrected chi connectivity index (χ2v) is 7.21. The van der Waals surface area contributed by atoms with Crippen LogP contribution in [0.4, 0.5) is 5.82 Å². The van der Waals surface area contributed by atoms with Crippen molar-refractivity contribution in [3.05, 3.63) is 50.5 Å². The molecule has 0 amide bonds. The summed E-state index contributed by atoms with van der Waals surface area (Å²) in [5, 5.41) is 0.157. The Morgan fingerprint density at radius 2 is 1.90 bits per heavy atom. The van der Waals surface area contributed by atoms with E-state index in [2.05, 4.69) is 25.6 Å². The maximum absolute atomic E-state index is 12.3. The van der Waals surface area contributed by atoms with Crippen molar-refractivity contribution in [2.75, 3.05) is 4.72 Å². The van der Waals surface area contributed by atoms with Crippen LogP contribution in [0.1, 0.15) is 5.69 Å². The van der Waals surface area contributed by atoms with E-state index >= 15 is 0 Å². The zero-order valence-electron chi connectivity index (χ0n) is 10.2. The molecule has 0 bridgehead atoms. The third kappa shape index (κ3) is 3.25. The van der Waals surface area contributed by atoms with Gasteiger partial charge in [-0.1, -0.05) is 29.3 Å². The zero-order valence-corrected chi connectivity index (χ0v) is 14.1. The second-order valence-electron chi connectivity index (χ2n) is 3.92. The molecule has 1 heterocycles. The van der Waals surface area contributed by atoms with Gasteiger partial charge < -0.3 is 0 Å². The molecule has 0 fully saturated rings. The third-order valence-corrected chi connectivity index (χ3v) is 5.63. The molecule has 0 saturated carbocycles. The van der Waals surface area contributed by atoms with E-state index < -0.39 is 10.0 Å². The summed E-state index contributed by atoms with van der Waals surface area (Å²) in [4.78, 5) is 4.03. The number of pyridine rings is 1. The monoisotopic (exact) mass is 394 g/mol. The van der Waals surface area contributed by atoms with E-state index in [4.69, 9.17) is 23.2 Å². The zero-order chi connectivity index (χ0) is 14.9. The van der Waals surface area contributed by atoms with E-state index in [0.29, 0.717) is 5.69 Å². The Labute approximate surface area is 135 Å². The van der Waals surface area contributed by atoms with Crippen molar-refractivity contribution in [3.8, 4) is 0 Å². The maximum atomic E-state index is 12.3. The first-order chi connectivity index (χ1) is 9.31. The molecule has 0 atom stereocenters. The smallest absolute Gasteiger partial charge is 0.263 e. The fourth-order valence-electron chi connectivity index (χ4n) is 1.49. The molecule has 8 heteroatoms. The van der Waals surface area contributed by atoms with Gasteiger partial charge in [0.05, 0.1) is 15.7 Å². The van der Waals surface area contributed by atoms with Crippen molar-refractivity contribution in [1.29, 1.82) is 0 Å². The molecule has 1 N–H and O–H groups in total. The molecule has 0 aliphatic carbocycles. The highest BCUT2D eigenvalue weighted by Gasteiger charge is 2.20. The van der Waals surface area contributed by atoms with Crippen LogP contribution in [0.2, 0.25) is 10.0 Å². The molecule has 2 rings (SSSR count). The Balaban J connectivity index is 2.41. The number of nitrogens with one attached hydrogen (secondary N) is 1. The first kappa shape index (κ1) is 15.6. The Morgan fingerprint density at radius 1 is 1.20 bits per heavy atom. The summed E-state index contributed by atoms with van der Waals surface area (Å²) in [6, 6.07) is 7.67. The number of sulfonamides is 1. The van der Waals surface area contributed by atoms with Crippen LogP contribution >= 0.6 is 39.1 Å². The number of rotatable bonds is 3. The van der Waals surface area contributed by atoms with Crippen LogP contribution < -0.4 is 4.72 Å². The van der Waals surface area contributed by atoms with Gasteiger partial charge in [0.15, 0.2) is 0 Å². The SMILES string of the molecule is Cc1nc(NS(=O)(=O)c2cccc(Cl)c2Cl)ccc1Br. The molecule has 0 radical (unpaired) electrons. The predicted octanol–water partition coefficient (Wildman–Crippen LogP) is 4.26. The summed E-state index contributed by atoms with van der Waals surface area (Å²) >= 11 is 15.0. The lowest BCUT2D eigenvalue weighted by Gasteiger charge is -2.10. The van der Waals surface area contributed by atoms with Crippen molar-refractivity contribution in [2.45, 2.75) is 11.8 Å². The first-order valence-corrected chi connectivity index (χ1v) is 8.44. The molecule has 20 heavy (non-hydrogen) atoms. The Hall–Kier alpha value is -0.820. The van der Waals surface area contributed by atoms with E-state index in [-0.39, 0.29) is 20.8 Å². The van der Waals surface area contributed by atoms with Crippen molar-refractivity contribution in [3.63, 3.8) is 0 Å². The number of nitrogens with zero attached hydrogens (tertiary/aromatic N) is 1. The molecule has 106 valence electrons. The molecule has 4 nitrogen and oxygen atoms in total. The lowest BCUT2D eigenvalue weighted by Crippen LogP contribution is -2.14. The van der Waals surface area contributed by atoms with Crippen LogP contribution in [0.25, 0.3) is 0 Å². The molecule has 2 aromatic rings. The second kappa shape index (κ2) is 5.89. The highest BCUT2D eigenvalue weighted by molar-refractivity contribution is 9.10. The summed E-state index contributed by atoms with van der Waals surface area (Å²) in [5.41, 5.74) is 0.669. The minimum Gasteiger partial charge on any atom is -0.263 e. The number of benzene rings is 1. The van der Waals surface area contributed by atoms with Gasteiger partial charge in [0, 0.05) is 4.47 Å². The van der Waals surface area contributed by atoms with Gasteiger partial charge in [-0.3, -0.25) is 4.72 Å². The fraction of sp³-hybridized carbons (Fsp3) is 0.0833. The van der Waals surface area contributed by atoms with Crippen molar-refractivity contribution >= 4 is 55.0 Å². The van der Waals surface area contributed by atoms with Crippen molar-refractivity contribution in [2.24, 2.45) is 0 Å². The topological polar surface area (TPSA) is 59.1 Å². The molecule has 0 aliphatic rings. The van der Waals surface area contributed by atoms with Gasteiger partial charge in [0.1, 0.15) is 10.7 Å². The van der Waals surface area contributed by atoms with Gasteiger partial charge in [-0.2, -0.15) is 0 Å². The fourth-order valence-corrected chi connectivity index (χ4v) is 3.47. The molecule has 0 unspecified atom stereocenters. The van der Waals surface area contributed by atoms with Crippen LogP contribution in [0.5, 0.6) is 0 Å². The lowest BCUT2D eigenvalue weighted by atomic mass is 10.4. The molecule has 1 aromatic heterocycles. The van der Waals surface area contributed by atoms with Crippen molar-refractivity contribution < 1.29 is 8.42 Å². The standard InChI is InChI=1S/C12H9BrCl2N2O2S/c1-7-8(13)5-6-11(16-7)17-20(18,19)10-4-2-3-9(14)12(10)15/h2-6H,1H3,(H,16,17). The normalized spacial score (nSPS) is 11.4. The van der Waals surface area contributed by atoms with E-state index in [1.54, 1.807) is 19.1 Å². The van der Waals surface area contributed by atoms with Gasteiger partial charge in [-0.25, -0.2) is 13.4 Å². The van der Waals surface area contributed by atoms with Crippen LogP contribution in [0, 0.1) is 6.92 Å². The van der Waals surface area contributed by atoms with E-state index in [1.165, 1.54) is 18.2 Å². The minimum atomic E-state index is -3.84. The summed E-state index contributed by atoms with van der Waals surface area (Å²) in [6.07, 6.45) is 0. The Kier molecular flexibility index (Phi) is 4.59. The van der Waals surface area contributed by atoms with Gasteiger partial charge in [0.2, 0.25) is 0 Å². The summed E-state index contributed by atoms with van der Waals surface area (Å²) in [7, 11) is -3.84. The molecular formula is C12H9BrCl2N2O2S. The number of aryl methyl sites for hydroxylation is 1. The first-order valence-electron chi connectivity index (χ1n) is 5.41. The highest BCUT2D eigenvalue weighted by Crippen LogP contribution is 2.30. The van der Waals surface area contributed by atoms with E-state index in [0.717, 1.165) is 4.47 Å². The largest absolute Gasteiger partial charge is 0.264 e. The van der Waals surface area contributed by atoms with E-state index in [1.807, 2.05) is 0 Å². The Morgan fingerprint density at radius 3 is 2.55 bits per heavy atom.